The number of alkyl halides is 1. The minimum atomic E-state index is 0.288. The smallest absolute Gasteiger partial charge is 0.165 e. The van der Waals surface area contributed by atoms with Crippen LogP contribution in [0, 0.1) is 0 Å². The maximum atomic E-state index is 6.36. The normalized spacial score (nSPS) is 23.1. The first-order valence-electron chi connectivity index (χ1n) is 5.68. The molecule has 0 spiro atoms. The lowest BCUT2D eigenvalue weighted by atomic mass is 9.83. The Bertz CT molecular complexity index is 434. The summed E-state index contributed by atoms with van der Waals surface area (Å²) in [6, 6.07) is 1.85. The van der Waals surface area contributed by atoms with Crippen molar-refractivity contribution in [3.05, 3.63) is 22.2 Å². The van der Waals surface area contributed by atoms with Crippen LogP contribution in [0.3, 0.4) is 0 Å². The summed E-state index contributed by atoms with van der Waals surface area (Å²) in [4.78, 5) is 0.288. The molecule has 0 saturated carbocycles. The van der Waals surface area contributed by atoms with Gasteiger partial charge in [0.15, 0.2) is 11.5 Å². The summed E-state index contributed by atoms with van der Waals surface area (Å²) in [6.45, 7) is 2.20. The van der Waals surface area contributed by atoms with E-state index in [1.165, 1.54) is 5.56 Å². The first-order valence-corrected chi connectivity index (χ1v) is 6.97. The molecule has 0 aliphatic heterocycles. The predicted octanol–water partition coefficient (Wildman–Crippen LogP) is 4.69. The van der Waals surface area contributed by atoms with Gasteiger partial charge in [-0.05, 0) is 24.3 Å². The van der Waals surface area contributed by atoms with E-state index in [1.807, 2.05) is 6.07 Å². The minimum Gasteiger partial charge on any atom is -0.493 e. The number of halogens is 2. The van der Waals surface area contributed by atoms with Crippen molar-refractivity contribution in [3.63, 3.8) is 0 Å². The van der Waals surface area contributed by atoms with Crippen molar-refractivity contribution in [3.8, 4) is 11.5 Å². The maximum absolute atomic E-state index is 6.36. The fraction of sp³-hybridized carbons (Fsp3) is 0.538. The SMILES string of the molecule is COc1cc(Cl)c2c(c1OC)C(Br)CCC2C. The number of methoxy groups -OCH3 is 2. The number of benzene rings is 1. The van der Waals surface area contributed by atoms with Gasteiger partial charge in [-0.3, -0.25) is 0 Å². The van der Waals surface area contributed by atoms with E-state index in [0.717, 1.165) is 29.2 Å². The zero-order chi connectivity index (χ0) is 12.6. The number of ether oxygens (including phenoxy) is 2. The first kappa shape index (κ1) is 13.0. The molecule has 4 heteroatoms. The van der Waals surface area contributed by atoms with E-state index in [4.69, 9.17) is 21.1 Å². The van der Waals surface area contributed by atoms with Crippen LogP contribution in [0.15, 0.2) is 6.07 Å². The highest BCUT2D eigenvalue weighted by Gasteiger charge is 2.30. The van der Waals surface area contributed by atoms with E-state index in [2.05, 4.69) is 22.9 Å². The summed E-state index contributed by atoms with van der Waals surface area (Å²) in [5.41, 5.74) is 2.34. The van der Waals surface area contributed by atoms with Gasteiger partial charge in [0, 0.05) is 21.5 Å². The highest BCUT2D eigenvalue weighted by molar-refractivity contribution is 9.09. The summed E-state index contributed by atoms with van der Waals surface area (Å²) in [5.74, 6) is 1.97. The number of fused-ring (bicyclic) bond motifs is 1. The van der Waals surface area contributed by atoms with Crippen LogP contribution in [0.5, 0.6) is 11.5 Å². The highest BCUT2D eigenvalue weighted by Crippen LogP contribution is 2.51. The molecule has 0 saturated heterocycles. The van der Waals surface area contributed by atoms with Crippen LogP contribution < -0.4 is 9.47 Å². The lowest BCUT2D eigenvalue weighted by Crippen LogP contribution is -2.12. The van der Waals surface area contributed by atoms with Crippen LogP contribution in [0.4, 0.5) is 0 Å². The van der Waals surface area contributed by atoms with Crippen LogP contribution in [0.25, 0.3) is 0 Å². The van der Waals surface area contributed by atoms with Gasteiger partial charge in [0.05, 0.1) is 14.2 Å². The van der Waals surface area contributed by atoms with Crippen LogP contribution in [-0.4, -0.2) is 14.2 Å². The van der Waals surface area contributed by atoms with Gasteiger partial charge in [0.1, 0.15) is 0 Å². The van der Waals surface area contributed by atoms with Crippen LogP contribution in [-0.2, 0) is 0 Å². The Labute approximate surface area is 115 Å². The largest absolute Gasteiger partial charge is 0.493 e. The van der Waals surface area contributed by atoms with E-state index >= 15 is 0 Å². The zero-order valence-electron chi connectivity index (χ0n) is 10.2. The Hall–Kier alpha value is -0.410. The van der Waals surface area contributed by atoms with Crippen molar-refractivity contribution in [1.82, 2.24) is 0 Å². The van der Waals surface area contributed by atoms with Crippen molar-refractivity contribution >= 4 is 27.5 Å². The number of rotatable bonds is 2. The lowest BCUT2D eigenvalue weighted by Gasteiger charge is -2.30. The van der Waals surface area contributed by atoms with Gasteiger partial charge < -0.3 is 9.47 Å². The number of hydrogen-bond donors (Lipinski definition) is 0. The topological polar surface area (TPSA) is 18.5 Å². The van der Waals surface area contributed by atoms with Crippen molar-refractivity contribution in [2.75, 3.05) is 14.2 Å². The molecule has 1 aromatic rings. The Balaban J connectivity index is 2.70. The molecule has 1 aromatic carbocycles. The van der Waals surface area contributed by atoms with Crippen molar-refractivity contribution in [2.24, 2.45) is 0 Å². The third-order valence-electron chi connectivity index (χ3n) is 3.36. The third-order valence-corrected chi connectivity index (χ3v) is 4.59. The van der Waals surface area contributed by atoms with Gasteiger partial charge in [-0.2, -0.15) is 0 Å². The van der Waals surface area contributed by atoms with E-state index in [0.29, 0.717) is 11.7 Å². The predicted molar refractivity (Wildman–Crippen MR) is 73.9 cm³/mol. The Morgan fingerprint density at radius 2 is 1.94 bits per heavy atom. The third kappa shape index (κ3) is 2.15. The van der Waals surface area contributed by atoms with E-state index < -0.39 is 0 Å². The Kier molecular flexibility index (Phi) is 3.88. The molecular weight excluding hydrogens is 303 g/mol. The fourth-order valence-corrected chi connectivity index (χ4v) is 3.61. The van der Waals surface area contributed by atoms with Crippen molar-refractivity contribution in [2.45, 2.75) is 30.5 Å². The molecule has 0 aromatic heterocycles. The minimum absolute atomic E-state index is 0.288. The monoisotopic (exact) mass is 318 g/mol. The quantitative estimate of drug-likeness (QED) is 0.736. The molecule has 0 heterocycles. The molecule has 0 fully saturated rings. The molecule has 0 N–H and O–H groups in total. The molecule has 17 heavy (non-hydrogen) atoms. The van der Waals surface area contributed by atoms with Crippen molar-refractivity contribution < 1.29 is 9.47 Å². The molecule has 1 aliphatic carbocycles. The summed E-state index contributed by atoms with van der Waals surface area (Å²) >= 11 is 10.1. The zero-order valence-corrected chi connectivity index (χ0v) is 12.6. The second-order valence-corrected chi connectivity index (χ2v) is 5.88. The molecule has 0 bridgehead atoms. The molecule has 94 valence electrons. The molecule has 2 unspecified atom stereocenters. The van der Waals surface area contributed by atoms with E-state index in [9.17, 15) is 0 Å². The standard InChI is InChI=1S/C13H16BrClO2/c1-7-4-5-8(14)12-11(7)9(15)6-10(16-2)13(12)17-3/h6-8H,4-5H2,1-3H3. The second kappa shape index (κ2) is 5.07. The van der Waals surface area contributed by atoms with E-state index in [1.54, 1.807) is 14.2 Å². The van der Waals surface area contributed by atoms with Crippen LogP contribution in [0.2, 0.25) is 5.02 Å². The van der Waals surface area contributed by atoms with Crippen LogP contribution >= 0.6 is 27.5 Å². The molecular formula is C13H16BrClO2. The summed E-state index contributed by atoms with van der Waals surface area (Å²) in [7, 11) is 3.31. The lowest BCUT2D eigenvalue weighted by molar-refractivity contribution is 0.348. The molecule has 2 atom stereocenters. The van der Waals surface area contributed by atoms with Gasteiger partial charge in [0.2, 0.25) is 0 Å². The second-order valence-electron chi connectivity index (χ2n) is 4.37. The van der Waals surface area contributed by atoms with Gasteiger partial charge in [0.25, 0.3) is 0 Å². The average molecular weight is 320 g/mol. The molecule has 2 nitrogen and oxygen atoms in total. The molecule has 1 aliphatic rings. The average Bonchev–Trinajstić information content (AvgIpc) is 2.32. The molecule has 0 radical (unpaired) electrons. The maximum Gasteiger partial charge on any atom is 0.165 e. The Morgan fingerprint density at radius 1 is 1.24 bits per heavy atom. The fourth-order valence-electron chi connectivity index (χ4n) is 2.50. The highest BCUT2D eigenvalue weighted by atomic mass is 79.9. The molecule has 0 amide bonds. The van der Waals surface area contributed by atoms with Gasteiger partial charge >= 0.3 is 0 Å². The van der Waals surface area contributed by atoms with Gasteiger partial charge in [-0.15, -0.1) is 0 Å². The van der Waals surface area contributed by atoms with Gasteiger partial charge in [-0.25, -0.2) is 0 Å². The van der Waals surface area contributed by atoms with Gasteiger partial charge in [-0.1, -0.05) is 34.5 Å². The summed E-state index contributed by atoms with van der Waals surface area (Å²) in [6.07, 6.45) is 2.23. The molecule has 2 rings (SSSR count). The van der Waals surface area contributed by atoms with Crippen molar-refractivity contribution in [1.29, 1.82) is 0 Å². The summed E-state index contributed by atoms with van der Waals surface area (Å²) in [5, 5.41) is 0.773. The van der Waals surface area contributed by atoms with Crippen LogP contribution in [0.1, 0.15) is 41.6 Å². The van der Waals surface area contributed by atoms with E-state index in [-0.39, 0.29) is 4.83 Å². The Morgan fingerprint density at radius 3 is 2.53 bits per heavy atom. The first-order chi connectivity index (χ1) is 8.10. The number of hydrogen-bond acceptors (Lipinski definition) is 2. The summed E-state index contributed by atoms with van der Waals surface area (Å²) < 4.78 is 10.8.